The van der Waals surface area contributed by atoms with E-state index in [-0.39, 0.29) is 52.8 Å². The average Bonchev–Trinajstić information content (AvgIpc) is 0.966. The maximum absolute atomic E-state index is 7.79. The van der Waals surface area contributed by atoms with Crippen molar-refractivity contribution in [2.24, 2.45) is 5.92 Å². The van der Waals surface area contributed by atoms with E-state index >= 15 is 0 Å². The van der Waals surface area contributed by atoms with Crippen LogP contribution in [0.25, 0.3) is 71.7 Å². The summed E-state index contributed by atoms with van der Waals surface area (Å²) >= 11 is 0. The lowest BCUT2D eigenvalue weighted by molar-refractivity contribution is 0.478. The van der Waals surface area contributed by atoms with Gasteiger partial charge >= 0.3 is 0 Å². The Bertz CT molecular complexity index is 5720. The molecule has 6 heterocycles. The van der Waals surface area contributed by atoms with Gasteiger partial charge in [0.2, 0.25) is 0 Å². The number of allylic oxidation sites excluding steroid dienone is 8. The molecule has 0 saturated heterocycles. The van der Waals surface area contributed by atoms with E-state index in [1.165, 1.54) is 94.2 Å². The van der Waals surface area contributed by atoms with Gasteiger partial charge in [-0.1, -0.05) is 319 Å². The van der Waals surface area contributed by atoms with Gasteiger partial charge in [-0.25, -0.2) is 0 Å². The number of hydrogen-bond acceptors (Lipinski definition) is 4. The molecule has 13 aromatic rings. The molecular weight excluding hydrogens is 1210 g/mol. The number of para-hydroxylation sites is 2. The first-order chi connectivity index (χ1) is 48.1. The number of rotatable bonds is 6. The normalized spacial score (nSPS) is 17.6. The first-order valence-electron chi connectivity index (χ1n) is 36.0. The van der Waals surface area contributed by atoms with Gasteiger partial charge in [-0.05, 0) is 151 Å². The van der Waals surface area contributed by atoms with Gasteiger partial charge in [-0.15, -0.1) is 0 Å². The molecule has 0 radical (unpaired) electrons. The van der Waals surface area contributed by atoms with Gasteiger partial charge in [-0.3, -0.25) is 0 Å². The summed E-state index contributed by atoms with van der Waals surface area (Å²) in [5.41, 5.74) is 28.1. The largest absolute Gasteiger partial charge is 0.454 e. The lowest BCUT2D eigenvalue weighted by atomic mass is 9.27. The minimum atomic E-state index is -0.625. The SMILES string of the molecule is CC(C)(C)c1cc(-c2cc3c4c(c2)C(C2C=CC=C2c2ccccc2)c2cc5c(cc2B4c2ccc4c(oc6ccccc64)c2O3)B2c3ccc4c(oc6ccccc64)c3Oc3cc(-c4cc(C(C)(C)C)cc(C(C)(C)C)c4)cc(c32)C5C2(c3ccccc3)C=CC=C2)cc(C(C)(C)C)c1. The molecule has 3 unspecified atom stereocenters. The summed E-state index contributed by atoms with van der Waals surface area (Å²) in [5.74, 6) is 2.83. The smallest absolute Gasteiger partial charge is 0.251 e. The minimum Gasteiger partial charge on any atom is -0.454 e. The van der Waals surface area contributed by atoms with Gasteiger partial charge in [0.1, 0.15) is 22.7 Å². The summed E-state index contributed by atoms with van der Waals surface area (Å²) in [7, 11) is 0. The van der Waals surface area contributed by atoms with Crippen LogP contribution >= 0.6 is 0 Å². The van der Waals surface area contributed by atoms with E-state index in [0.29, 0.717) is 0 Å². The number of benzene rings is 11. The molecule has 19 rings (SSSR count). The molecule has 0 saturated carbocycles. The molecular formula is C94H80B2O4. The highest BCUT2D eigenvalue weighted by Gasteiger charge is 2.53. The molecule has 6 aliphatic rings. The highest BCUT2D eigenvalue weighted by atomic mass is 16.5. The lowest BCUT2D eigenvalue weighted by Gasteiger charge is -2.46. The van der Waals surface area contributed by atoms with Crippen LogP contribution in [0.2, 0.25) is 0 Å². The van der Waals surface area contributed by atoms with E-state index in [2.05, 4.69) is 332 Å². The van der Waals surface area contributed by atoms with Crippen LogP contribution in [0.5, 0.6) is 23.0 Å². The summed E-state index contributed by atoms with van der Waals surface area (Å²) in [5, 5.41) is 4.23. The number of furan rings is 2. The van der Waals surface area contributed by atoms with Crippen LogP contribution in [0.4, 0.5) is 0 Å². The van der Waals surface area contributed by atoms with Crippen molar-refractivity contribution in [1.82, 2.24) is 0 Å². The first kappa shape index (κ1) is 60.9. The van der Waals surface area contributed by atoms with Crippen molar-refractivity contribution in [3.8, 4) is 45.3 Å². The van der Waals surface area contributed by atoms with Crippen molar-refractivity contribution < 1.29 is 18.3 Å². The van der Waals surface area contributed by atoms with Crippen LogP contribution in [-0.4, -0.2) is 13.4 Å². The Balaban J connectivity index is 0.962. The Labute approximate surface area is 588 Å². The predicted octanol–water partition coefficient (Wildman–Crippen LogP) is 20.5. The highest BCUT2D eigenvalue weighted by Crippen LogP contribution is 2.55. The zero-order chi connectivity index (χ0) is 68.3. The fourth-order valence-corrected chi connectivity index (χ4v) is 18.0. The maximum Gasteiger partial charge on any atom is 0.251 e. The van der Waals surface area contributed by atoms with Crippen molar-refractivity contribution in [3.05, 3.63) is 304 Å². The Morgan fingerprint density at radius 2 is 0.810 bits per heavy atom. The summed E-state index contributed by atoms with van der Waals surface area (Å²) < 4.78 is 29.8. The van der Waals surface area contributed by atoms with E-state index in [1.54, 1.807) is 0 Å². The third kappa shape index (κ3) is 9.13. The zero-order valence-electron chi connectivity index (χ0n) is 59.2. The summed E-state index contributed by atoms with van der Waals surface area (Å²) in [6.07, 6.45) is 16.8. The average molecular weight is 1300 g/mol. The molecule has 0 spiro atoms. The molecule has 3 atom stereocenters. The van der Waals surface area contributed by atoms with Gasteiger partial charge in [-0.2, -0.15) is 0 Å². The van der Waals surface area contributed by atoms with Crippen molar-refractivity contribution in [3.63, 3.8) is 0 Å². The lowest BCUT2D eigenvalue weighted by Crippen LogP contribution is -2.65. The maximum atomic E-state index is 7.79. The highest BCUT2D eigenvalue weighted by molar-refractivity contribution is 7.00. The van der Waals surface area contributed by atoms with E-state index in [1.807, 2.05) is 0 Å². The molecule has 486 valence electrons. The summed E-state index contributed by atoms with van der Waals surface area (Å²) in [4.78, 5) is 0. The van der Waals surface area contributed by atoms with Crippen LogP contribution in [0, 0.1) is 5.92 Å². The van der Waals surface area contributed by atoms with Crippen molar-refractivity contribution in [2.75, 3.05) is 0 Å². The molecule has 2 aromatic heterocycles. The van der Waals surface area contributed by atoms with E-state index in [9.17, 15) is 0 Å². The summed E-state index contributed by atoms with van der Waals surface area (Å²) in [6, 6.07) is 78.6. The van der Waals surface area contributed by atoms with Crippen LogP contribution in [0.15, 0.2) is 258 Å². The summed E-state index contributed by atoms with van der Waals surface area (Å²) in [6.45, 7) is 27.6. The van der Waals surface area contributed by atoms with Gasteiger partial charge in [0.05, 0.1) is 0 Å². The van der Waals surface area contributed by atoms with Gasteiger partial charge < -0.3 is 18.3 Å². The van der Waals surface area contributed by atoms with Crippen molar-refractivity contribution >= 4 is 95.7 Å². The quantitative estimate of drug-likeness (QED) is 0.156. The fraction of sp³-hybridized carbons (Fsp3) is 0.213. The molecule has 11 aromatic carbocycles. The van der Waals surface area contributed by atoms with Crippen LogP contribution in [0.1, 0.15) is 151 Å². The number of fused-ring (bicyclic) bond motifs is 16. The molecule has 2 aliphatic carbocycles. The molecule has 4 aliphatic heterocycles. The zero-order valence-corrected chi connectivity index (χ0v) is 59.2. The third-order valence-corrected chi connectivity index (χ3v) is 23.3. The fourth-order valence-electron chi connectivity index (χ4n) is 18.0. The molecule has 4 nitrogen and oxygen atoms in total. The van der Waals surface area contributed by atoms with Crippen LogP contribution < -0.4 is 42.3 Å². The van der Waals surface area contributed by atoms with Crippen molar-refractivity contribution in [1.29, 1.82) is 0 Å². The minimum absolute atomic E-state index is 0.0519. The standard InChI is InChI=1S/C94H80B2O4/c1-90(2,3)60-42-55(43-61(50-60)91(4,5)6)57-46-72-82(67-33-25-32-64(67)54-26-15-13-16-27-54)70-52-71-77(53-76(70)95-74-38-36-68-65-30-19-21-34-78(65)97-86(68)88(74)99-80(48-57)84(72)95)96-75-39-37-69-66-31-20-22-35-79(66)98-87(69)89(75)100-81-49-58(56-44-62(92(7,8)9)51-63(45-56)93(10,11)12)47-73(85(81)96)83(71)94(40-23-24-41-94)59-28-17-14-18-29-59/h13-53,67,82-83H,1-12H3. The Hall–Kier alpha value is -10.3. The molecule has 0 bridgehead atoms. The second-order valence-corrected chi connectivity index (χ2v) is 33.5. The predicted molar refractivity (Wildman–Crippen MR) is 419 cm³/mol. The van der Waals surface area contributed by atoms with Crippen LogP contribution in [0.3, 0.4) is 0 Å². The van der Waals surface area contributed by atoms with Gasteiger partial charge in [0.15, 0.2) is 22.7 Å². The number of hydrogen-bond donors (Lipinski definition) is 0. The second-order valence-electron chi connectivity index (χ2n) is 33.5. The monoisotopic (exact) mass is 1290 g/mol. The molecule has 0 fully saturated rings. The Kier molecular flexibility index (Phi) is 13.0. The topological polar surface area (TPSA) is 44.7 Å². The van der Waals surface area contributed by atoms with Gasteiger partial charge in [0.25, 0.3) is 13.4 Å². The second kappa shape index (κ2) is 21.4. The van der Waals surface area contributed by atoms with Gasteiger partial charge in [0, 0.05) is 44.7 Å². The van der Waals surface area contributed by atoms with Crippen LogP contribution in [-0.2, 0) is 27.1 Å². The molecule has 0 N–H and O–H groups in total. The Morgan fingerprint density at radius 1 is 0.360 bits per heavy atom. The first-order valence-corrected chi connectivity index (χ1v) is 36.0. The molecule has 100 heavy (non-hydrogen) atoms. The van der Waals surface area contributed by atoms with E-state index < -0.39 is 5.41 Å². The Morgan fingerprint density at radius 3 is 1.32 bits per heavy atom. The molecule has 0 amide bonds. The van der Waals surface area contributed by atoms with Crippen molar-refractivity contribution in [2.45, 2.75) is 122 Å². The van der Waals surface area contributed by atoms with E-state index in [0.717, 1.165) is 88.9 Å². The van der Waals surface area contributed by atoms with E-state index in [4.69, 9.17) is 18.3 Å². The molecule has 6 heteroatoms. The number of ether oxygens (including phenoxy) is 2. The third-order valence-electron chi connectivity index (χ3n) is 23.3.